The number of benzene rings is 2. The number of aromatic nitrogens is 1. The second kappa shape index (κ2) is 13.2. The van der Waals surface area contributed by atoms with Gasteiger partial charge >= 0.3 is 12.1 Å². The topological polar surface area (TPSA) is 96.8 Å². The van der Waals surface area contributed by atoms with E-state index >= 15 is 0 Å². The van der Waals surface area contributed by atoms with E-state index in [4.69, 9.17) is 16.3 Å². The fourth-order valence-corrected chi connectivity index (χ4v) is 8.05. The second-order valence-electron chi connectivity index (χ2n) is 12.8. The van der Waals surface area contributed by atoms with Gasteiger partial charge in [-0.25, -0.2) is 9.37 Å². The van der Waals surface area contributed by atoms with Crippen molar-refractivity contribution in [2.45, 2.75) is 76.1 Å². The summed E-state index contributed by atoms with van der Waals surface area (Å²) < 4.78 is 61.8. The quantitative estimate of drug-likeness (QED) is 0.216. The molecule has 2 aromatic carbocycles. The van der Waals surface area contributed by atoms with E-state index in [1.54, 1.807) is 18.2 Å². The summed E-state index contributed by atoms with van der Waals surface area (Å²) in [5, 5.41) is 11.0. The largest absolute Gasteiger partial charge is 0.481 e. The van der Waals surface area contributed by atoms with Crippen molar-refractivity contribution in [2.75, 3.05) is 6.54 Å². The van der Waals surface area contributed by atoms with Crippen LogP contribution < -0.4 is 4.74 Å². The number of carboxylic acids is 1. The Hall–Kier alpha value is -3.51. The zero-order valence-electron chi connectivity index (χ0n) is 25.3. The zero-order valence-corrected chi connectivity index (χ0v) is 26.8. The first kappa shape index (κ1) is 33.4. The summed E-state index contributed by atoms with van der Waals surface area (Å²) in [5.41, 5.74) is -1.69. The predicted molar refractivity (Wildman–Crippen MR) is 168 cm³/mol. The molecule has 6 rings (SSSR count). The first-order chi connectivity index (χ1) is 22.3. The molecule has 1 aromatic heterocycles. The van der Waals surface area contributed by atoms with Crippen molar-refractivity contribution in [3.05, 3.63) is 70.5 Å². The van der Waals surface area contributed by atoms with Crippen molar-refractivity contribution in [3.8, 4) is 5.19 Å². The third-order valence-electron chi connectivity index (χ3n) is 9.47. The van der Waals surface area contributed by atoms with Crippen LogP contribution in [0.15, 0.2) is 48.6 Å². The maximum absolute atomic E-state index is 14.3. The number of carboxylic acid groups (broad SMARTS) is 1. The molecule has 7 nitrogen and oxygen atoms in total. The Labute approximate surface area is 277 Å². The summed E-state index contributed by atoms with van der Waals surface area (Å²) in [6.07, 6.45) is 1.52. The van der Waals surface area contributed by atoms with Crippen LogP contribution in [0.3, 0.4) is 0 Å². The van der Waals surface area contributed by atoms with E-state index in [-0.39, 0.29) is 37.3 Å². The molecule has 0 spiro atoms. The molecular weight excluding hydrogens is 660 g/mol. The minimum absolute atomic E-state index is 0.00275. The van der Waals surface area contributed by atoms with Crippen molar-refractivity contribution >= 4 is 50.8 Å². The Morgan fingerprint density at radius 1 is 1.15 bits per heavy atom. The van der Waals surface area contributed by atoms with Crippen molar-refractivity contribution in [2.24, 2.45) is 17.3 Å². The van der Waals surface area contributed by atoms with Gasteiger partial charge in [0.1, 0.15) is 11.9 Å². The molecule has 3 heterocycles. The van der Waals surface area contributed by atoms with Gasteiger partial charge in [0.25, 0.3) is 5.19 Å². The van der Waals surface area contributed by atoms with E-state index in [9.17, 15) is 37.1 Å². The summed E-state index contributed by atoms with van der Waals surface area (Å²) in [5.74, 6) is -4.09. The number of carbonyl (C=O) groups excluding carboxylic acids is 2. The van der Waals surface area contributed by atoms with E-state index < -0.39 is 58.7 Å². The molecule has 47 heavy (non-hydrogen) atoms. The lowest BCUT2D eigenvalue weighted by Gasteiger charge is -2.29. The number of alkyl halides is 3. The number of aliphatic carboxylic acids is 1. The molecule has 1 N–H and O–H groups in total. The highest BCUT2D eigenvalue weighted by Gasteiger charge is 2.61. The molecule has 1 aliphatic carbocycles. The number of nitrogens with zero attached hydrogens (tertiary/aromatic N) is 2. The second-order valence-corrected chi connectivity index (χ2v) is 14.2. The van der Waals surface area contributed by atoms with Crippen molar-refractivity contribution in [1.29, 1.82) is 0 Å². The van der Waals surface area contributed by atoms with Crippen LogP contribution in [0.1, 0.15) is 62.5 Å². The molecule has 0 bridgehead atoms. The summed E-state index contributed by atoms with van der Waals surface area (Å²) >= 11 is 7.38. The lowest BCUT2D eigenvalue weighted by atomic mass is 9.90. The Morgan fingerprint density at radius 2 is 1.96 bits per heavy atom. The highest BCUT2D eigenvalue weighted by Crippen LogP contribution is 2.57. The van der Waals surface area contributed by atoms with E-state index in [1.807, 2.05) is 12.2 Å². The number of ether oxygens (including phenoxy) is 1. The Balaban J connectivity index is 1.31. The minimum atomic E-state index is -4.76. The highest BCUT2D eigenvalue weighted by molar-refractivity contribution is 7.20. The van der Waals surface area contributed by atoms with Crippen molar-refractivity contribution in [3.63, 3.8) is 0 Å². The number of hydrogen-bond donors (Lipinski definition) is 1. The summed E-state index contributed by atoms with van der Waals surface area (Å²) in [6, 6.07) is 6.49. The van der Waals surface area contributed by atoms with Crippen molar-refractivity contribution in [1.82, 2.24) is 9.88 Å². The number of carbonyl (C=O) groups is 3. The molecule has 1 saturated carbocycles. The third-order valence-corrected chi connectivity index (χ3v) is 10.6. The van der Waals surface area contributed by atoms with Gasteiger partial charge in [-0.05, 0) is 80.0 Å². The smallest absolute Gasteiger partial charge is 0.416 e. The third kappa shape index (κ3) is 7.33. The average molecular weight is 693 g/mol. The number of amides is 1. The van der Waals surface area contributed by atoms with Gasteiger partial charge in [-0.2, -0.15) is 13.2 Å². The summed E-state index contributed by atoms with van der Waals surface area (Å²) in [7, 11) is 0. The molecule has 1 saturated heterocycles. The minimum Gasteiger partial charge on any atom is -0.481 e. The van der Waals surface area contributed by atoms with Crippen LogP contribution in [-0.4, -0.2) is 51.3 Å². The molecule has 5 atom stereocenters. The number of allylic oxidation sites excluding steroid dienone is 2. The number of hydrogen-bond acceptors (Lipinski definition) is 6. The van der Waals surface area contributed by atoms with Gasteiger partial charge in [0, 0.05) is 23.8 Å². The number of fused-ring (bicyclic) bond motifs is 3. The molecule has 0 radical (unpaired) electrons. The molecule has 0 unspecified atom stereocenters. The molecule has 1 amide bonds. The lowest BCUT2D eigenvalue weighted by Crippen LogP contribution is -2.45. The predicted octanol–water partition coefficient (Wildman–Crippen LogP) is 7.89. The SMILES string of the molecule is O=C1C[C@]2(C(=O)O)C[C@H]2/C=C\CCCCC[C@H](Cc2cc(F)cc(C(F)(F)F)c2)C(=O)N2C[C@H](Oc3nc4ccc(Cl)cc4s3)C[C@@H]12. The van der Waals surface area contributed by atoms with Gasteiger partial charge in [0.15, 0.2) is 5.78 Å². The average Bonchev–Trinajstić information content (AvgIpc) is 3.32. The van der Waals surface area contributed by atoms with Gasteiger partial charge in [-0.15, -0.1) is 0 Å². The fourth-order valence-electron chi connectivity index (χ4n) is 6.90. The molecule has 2 fully saturated rings. The molecule has 13 heteroatoms. The normalized spacial score (nSPS) is 27.9. The van der Waals surface area contributed by atoms with E-state index in [1.165, 1.54) is 16.2 Å². The van der Waals surface area contributed by atoms with E-state index in [0.29, 0.717) is 47.5 Å². The molecule has 2 aliphatic heterocycles. The van der Waals surface area contributed by atoms with Crippen LogP contribution in [0.2, 0.25) is 5.02 Å². The Kier molecular flexibility index (Phi) is 9.37. The number of thiazole rings is 1. The van der Waals surface area contributed by atoms with Crippen LogP contribution in [0.5, 0.6) is 5.19 Å². The standard InChI is InChI=1S/C34H33ClF4N2O5S/c35-23-8-9-26-29(14-23)47-32(40-26)46-25-15-27-28(42)17-33(31(44)45)16-21(33)7-5-3-1-2-4-6-20(30(43)41(27)18-25)10-19-11-22(34(37,38)39)13-24(36)12-19/h5,7-9,11-14,20-21,25,27H,1-4,6,10,15-18H2,(H,44,45)/b7-5-/t20-,21-,25-,27+,33-/m1/s1. The number of ketones is 1. The van der Waals surface area contributed by atoms with Gasteiger partial charge in [0.2, 0.25) is 5.91 Å². The summed E-state index contributed by atoms with van der Waals surface area (Å²) in [4.78, 5) is 46.5. The Bertz CT molecular complexity index is 1730. The van der Waals surface area contributed by atoms with Crippen LogP contribution in [0, 0.1) is 23.1 Å². The van der Waals surface area contributed by atoms with Crippen molar-refractivity contribution < 1.29 is 41.8 Å². The highest BCUT2D eigenvalue weighted by atomic mass is 35.5. The van der Waals surface area contributed by atoms with Gasteiger partial charge < -0.3 is 14.7 Å². The maximum atomic E-state index is 14.3. The number of Topliss-reactive ketones (excluding diaryl/α,β-unsaturated/α-hetero) is 1. The van der Waals surface area contributed by atoms with Crippen LogP contribution in [0.4, 0.5) is 17.6 Å². The fraction of sp³-hybridized carbons (Fsp3) is 0.471. The Morgan fingerprint density at radius 3 is 2.72 bits per heavy atom. The van der Waals surface area contributed by atoms with E-state index in [2.05, 4.69) is 4.98 Å². The lowest BCUT2D eigenvalue weighted by molar-refractivity contribution is -0.147. The molecule has 3 aliphatic rings. The zero-order chi connectivity index (χ0) is 33.5. The van der Waals surface area contributed by atoms with Crippen LogP contribution in [-0.2, 0) is 27.0 Å². The van der Waals surface area contributed by atoms with Crippen LogP contribution in [0.25, 0.3) is 10.2 Å². The van der Waals surface area contributed by atoms with Gasteiger partial charge in [0.05, 0.1) is 33.8 Å². The first-order valence-electron chi connectivity index (χ1n) is 15.6. The van der Waals surface area contributed by atoms with Gasteiger partial charge in [-0.3, -0.25) is 14.4 Å². The molecule has 250 valence electrons. The monoisotopic (exact) mass is 692 g/mol. The number of rotatable bonds is 5. The molecular formula is C34H33ClF4N2O5S. The summed E-state index contributed by atoms with van der Waals surface area (Å²) in [6.45, 7) is 0.00275. The van der Waals surface area contributed by atoms with E-state index in [0.717, 1.165) is 29.7 Å². The van der Waals surface area contributed by atoms with Crippen LogP contribution >= 0.6 is 22.9 Å². The molecule has 3 aromatic rings. The maximum Gasteiger partial charge on any atom is 0.416 e. The number of halogens is 5. The van der Waals surface area contributed by atoms with Gasteiger partial charge in [-0.1, -0.05) is 47.9 Å². The first-order valence-corrected chi connectivity index (χ1v) is 16.8.